The van der Waals surface area contributed by atoms with E-state index in [-0.39, 0.29) is 11.8 Å². The van der Waals surface area contributed by atoms with Crippen molar-refractivity contribution < 1.29 is 14.3 Å². The van der Waals surface area contributed by atoms with Gasteiger partial charge in [-0.05, 0) is 25.0 Å². The molecule has 2 aromatic rings. The highest BCUT2D eigenvalue weighted by molar-refractivity contribution is 7.07. The number of carbonyl (C=O) groups is 2. The van der Waals surface area contributed by atoms with Crippen molar-refractivity contribution in [3.63, 3.8) is 0 Å². The fourth-order valence-electron chi connectivity index (χ4n) is 2.73. The number of hydrogen-bond donors (Lipinski definition) is 0. The molecule has 1 aliphatic heterocycles. The first-order chi connectivity index (χ1) is 11.2. The number of benzene rings is 1. The Morgan fingerprint density at radius 1 is 1.30 bits per heavy atom. The molecule has 0 bridgehead atoms. The number of ether oxygens (including phenoxy) is 1. The zero-order valence-corrected chi connectivity index (χ0v) is 13.5. The van der Waals surface area contributed by atoms with Gasteiger partial charge in [0.2, 0.25) is 0 Å². The second-order valence-electron chi connectivity index (χ2n) is 5.60. The first-order valence-electron chi connectivity index (χ1n) is 7.63. The molecule has 1 amide bonds. The number of rotatable bonds is 4. The summed E-state index contributed by atoms with van der Waals surface area (Å²) >= 11 is 1.37. The number of aromatic nitrogens is 1. The van der Waals surface area contributed by atoms with Crippen LogP contribution in [0.5, 0.6) is 0 Å². The average Bonchev–Trinajstić information content (AvgIpc) is 3.15. The maximum atomic E-state index is 12.5. The van der Waals surface area contributed by atoms with Crippen LogP contribution in [0.4, 0.5) is 0 Å². The lowest BCUT2D eigenvalue weighted by molar-refractivity contribution is 0.0337. The Morgan fingerprint density at radius 2 is 2.13 bits per heavy atom. The Labute approximate surface area is 138 Å². The van der Waals surface area contributed by atoms with Crippen molar-refractivity contribution in [1.82, 2.24) is 9.88 Å². The zero-order valence-electron chi connectivity index (χ0n) is 12.7. The van der Waals surface area contributed by atoms with Crippen molar-refractivity contribution in [2.75, 3.05) is 19.7 Å². The lowest BCUT2D eigenvalue weighted by Gasteiger charge is -2.32. The minimum absolute atomic E-state index is 0.0427. The highest BCUT2D eigenvalue weighted by atomic mass is 32.1. The first kappa shape index (κ1) is 15.7. The lowest BCUT2D eigenvalue weighted by atomic mass is 9.98. The molecule has 0 unspecified atom stereocenters. The SMILES string of the molecule is O=C(OC[C@@H]1CCCN(C(=O)c2ccccc2)C1)c1cscn1. The molecule has 1 saturated heterocycles. The molecule has 6 heteroatoms. The molecular formula is C17H18N2O3S. The van der Waals surface area contributed by atoms with Crippen LogP contribution in [0.2, 0.25) is 0 Å². The zero-order chi connectivity index (χ0) is 16.1. The Kier molecular flexibility index (Phi) is 5.02. The molecule has 3 rings (SSSR count). The van der Waals surface area contributed by atoms with Gasteiger partial charge in [0.05, 0.1) is 12.1 Å². The van der Waals surface area contributed by atoms with Crippen LogP contribution >= 0.6 is 11.3 Å². The van der Waals surface area contributed by atoms with E-state index in [1.54, 1.807) is 10.9 Å². The third-order valence-corrected chi connectivity index (χ3v) is 4.50. The monoisotopic (exact) mass is 330 g/mol. The van der Waals surface area contributed by atoms with Crippen molar-refractivity contribution in [2.45, 2.75) is 12.8 Å². The summed E-state index contributed by atoms with van der Waals surface area (Å²) in [7, 11) is 0. The van der Waals surface area contributed by atoms with E-state index in [0.29, 0.717) is 24.4 Å². The minimum Gasteiger partial charge on any atom is -0.461 e. The first-order valence-corrected chi connectivity index (χ1v) is 8.58. The molecular weight excluding hydrogens is 312 g/mol. The highest BCUT2D eigenvalue weighted by Crippen LogP contribution is 2.19. The quantitative estimate of drug-likeness (QED) is 0.809. The number of esters is 1. The van der Waals surface area contributed by atoms with E-state index < -0.39 is 5.97 Å². The second kappa shape index (κ2) is 7.37. The van der Waals surface area contributed by atoms with Gasteiger partial charge in [0, 0.05) is 30.0 Å². The average molecular weight is 330 g/mol. The van der Waals surface area contributed by atoms with Crippen LogP contribution in [0, 0.1) is 5.92 Å². The molecule has 1 fully saturated rings. The maximum Gasteiger partial charge on any atom is 0.357 e. The van der Waals surface area contributed by atoms with E-state index in [2.05, 4.69) is 4.98 Å². The third-order valence-electron chi connectivity index (χ3n) is 3.92. The Balaban J connectivity index is 1.54. The summed E-state index contributed by atoms with van der Waals surface area (Å²) in [6, 6.07) is 9.28. The molecule has 1 aromatic heterocycles. The molecule has 120 valence electrons. The van der Waals surface area contributed by atoms with Gasteiger partial charge >= 0.3 is 5.97 Å². The molecule has 0 aliphatic carbocycles. The number of likely N-dealkylation sites (tertiary alicyclic amines) is 1. The fourth-order valence-corrected chi connectivity index (χ4v) is 3.25. The molecule has 23 heavy (non-hydrogen) atoms. The van der Waals surface area contributed by atoms with Gasteiger partial charge in [-0.2, -0.15) is 0 Å². The number of thiazole rings is 1. The van der Waals surface area contributed by atoms with E-state index in [0.717, 1.165) is 19.4 Å². The summed E-state index contributed by atoms with van der Waals surface area (Å²) in [5, 5.41) is 1.68. The van der Waals surface area contributed by atoms with Gasteiger partial charge in [-0.3, -0.25) is 4.79 Å². The van der Waals surface area contributed by atoms with Gasteiger partial charge in [0.25, 0.3) is 5.91 Å². The van der Waals surface area contributed by atoms with E-state index in [4.69, 9.17) is 4.74 Å². The fraction of sp³-hybridized carbons (Fsp3) is 0.353. The minimum atomic E-state index is -0.391. The number of carbonyl (C=O) groups excluding carboxylic acids is 2. The van der Waals surface area contributed by atoms with Gasteiger partial charge < -0.3 is 9.64 Å². The van der Waals surface area contributed by atoms with Gasteiger partial charge in [-0.25, -0.2) is 9.78 Å². The number of amides is 1. The largest absolute Gasteiger partial charge is 0.461 e. The van der Waals surface area contributed by atoms with Crippen LogP contribution in [0.1, 0.15) is 33.7 Å². The number of nitrogens with zero attached hydrogens (tertiary/aromatic N) is 2. The summed E-state index contributed by atoms with van der Waals surface area (Å²) < 4.78 is 5.33. The predicted octanol–water partition coefficient (Wildman–Crippen LogP) is 2.85. The Morgan fingerprint density at radius 3 is 2.87 bits per heavy atom. The molecule has 1 aromatic carbocycles. The van der Waals surface area contributed by atoms with Crippen LogP contribution in [0.25, 0.3) is 0 Å². The molecule has 2 heterocycles. The van der Waals surface area contributed by atoms with Crippen molar-refractivity contribution >= 4 is 23.2 Å². The smallest absolute Gasteiger partial charge is 0.357 e. The van der Waals surface area contributed by atoms with Crippen LogP contribution < -0.4 is 0 Å². The molecule has 0 spiro atoms. The molecule has 1 atom stereocenters. The van der Waals surface area contributed by atoms with Crippen LogP contribution in [0.3, 0.4) is 0 Å². The number of hydrogen-bond acceptors (Lipinski definition) is 5. The van der Waals surface area contributed by atoms with E-state index in [9.17, 15) is 9.59 Å². The van der Waals surface area contributed by atoms with Crippen molar-refractivity contribution in [1.29, 1.82) is 0 Å². The van der Waals surface area contributed by atoms with Crippen molar-refractivity contribution in [3.8, 4) is 0 Å². The van der Waals surface area contributed by atoms with Gasteiger partial charge in [0.15, 0.2) is 5.69 Å². The van der Waals surface area contributed by atoms with Gasteiger partial charge in [0.1, 0.15) is 0 Å². The molecule has 0 radical (unpaired) electrons. The molecule has 0 N–H and O–H groups in total. The standard InChI is InChI=1S/C17H18N2O3S/c20-16(14-6-2-1-3-7-14)19-8-4-5-13(9-19)10-22-17(21)15-11-23-12-18-15/h1-3,6-7,11-13H,4-5,8-10H2/t13-/m1/s1. The third kappa shape index (κ3) is 3.96. The predicted molar refractivity (Wildman–Crippen MR) is 87.5 cm³/mol. The van der Waals surface area contributed by atoms with E-state index in [1.807, 2.05) is 35.2 Å². The van der Waals surface area contributed by atoms with Crippen molar-refractivity contribution in [2.24, 2.45) is 5.92 Å². The Bertz CT molecular complexity index is 658. The molecule has 0 saturated carbocycles. The summed E-state index contributed by atoms with van der Waals surface area (Å²) in [4.78, 5) is 30.1. The molecule has 5 nitrogen and oxygen atoms in total. The lowest BCUT2D eigenvalue weighted by Crippen LogP contribution is -2.41. The Hall–Kier alpha value is -2.21. The normalized spacial score (nSPS) is 17.7. The summed E-state index contributed by atoms with van der Waals surface area (Å²) in [6.07, 6.45) is 1.89. The summed E-state index contributed by atoms with van der Waals surface area (Å²) in [6.45, 7) is 1.71. The summed E-state index contributed by atoms with van der Waals surface area (Å²) in [5.41, 5.74) is 2.66. The maximum absolute atomic E-state index is 12.5. The second-order valence-corrected chi connectivity index (χ2v) is 6.32. The topological polar surface area (TPSA) is 59.5 Å². The summed E-state index contributed by atoms with van der Waals surface area (Å²) in [5.74, 6) is -0.169. The van der Waals surface area contributed by atoms with Crippen LogP contribution in [-0.4, -0.2) is 41.5 Å². The van der Waals surface area contributed by atoms with Crippen LogP contribution in [0.15, 0.2) is 41.2 Å². The van der Waals surface area contributed by atoms with Crippen LogP contribution in [-0.2, 0) is 4.74 Å². The van der Waals surface area contributed by atoms with Gasteiger partial charge in [-0.15, -0.1) is 11.3 Å². The number of piperidine rings is 1. The van der Waals surface area contributed by atoms with E-state index in [1.165, 1.54) is 11.3 Å². The van der Waals surface area contributed by atoms with Gasteiger partial charge in [-0.1, -0.05) is 18.2 Å². The molecule has 1 aliphatic rings. The van der Waals surface area contributed by atoms with Crippen molar-refractivity contribution in [3.05, 3.63) is 52.5 Å². The highest BCUT2D eigenvalue weighted by Gasteiger charge is 2.25. The van der Waals surface area contributed by atoms with E-state index >= 15 is 0 Å².